The van der Waals surface area contributed by atoms with Crippen molar-refractivity contribution >= 4 is 51.4 Å². The Hall–Kier alpha value is -0.900. The Balaban J connectivity index is 0.00000338. The van der Waals surface area contributed by atoms with Gasteiger partial charge in [0, 0.05) is 36.3 Å². The lowest BCUT2D eigenvalue weighted by atomic mass is 10.2. The van der Waals surface area contributed by atoms with Gasteiger partial charge in [0.2, 0.25) is 0 Å². The molecule has 0 saturated carbocycles. The zero-order valence-electron chi connectivity index (χ0n) is 15.9. The molecule has 0 aliphatic heterocycles. The molecule has 0 spiro atoms. The minimum Gasteiger partial charge on any atom is -0.386 e. The van der Waals surface area contributed by atoms with E-state index in [1.54, 1.807) is 18.4 Å². The number of aliphatic imine (C=N–C) groups is 1. The number of rotatable bonds is 9. The quantitative estimate of drug-likeness (QED) is 0.286. The number of nitrogens with zero attached hydrogens (tertiary/aromatic N) is 2. The monoisotopic (exact) mass is 490 g/mol. The summed E-state index contributed by atoms with van der Waals surface area (Å²) in [5.74, 6) is 0.726. The van der Waals surface area contributed by atoms with Gasteiger partial charge in [0.1, 0.15) is 6.10 Å². The lowest BCUT2D eigenvalue weighted by Gasteiger charge is -2.18. The summed E-state index contributed by atoms with van der Waals surface area (Å²) in [5.41, 5.74) is 0. The maximum absolute atomic E-state index is 10.4. The van der Waals surface area contributed by atoms with Crippen LogP contribution >= 0.6 is 35.3 Å². The number of aliphatic hydroxyl groups excluding tert-OH is 1. The summed E-state index contributed by atoms with van der Waals surface area (Å²) in [6, 6.07) is 10.3. The topological polar surface area (TPSA) is 59.9 Å². The molecule has 0 aliphatic rings. The molecular weight excluding hydrogens is 459 g/mol. The van der Waals surface area contributed by atoms with Crippen molar-refractivity contribution in [1.82, 2.24) is 15.5 Å². The molecule has 1 aromatic heterocycles. The molecule has 7 heteroatoms. The lowest BCUT2D eigenvalue weighted by molar-refractivity contribution is 0.184. The summed E-state index contributed by atoms with van der Waals surface area (Å²) in [6.07, 6.45) is 1.91. The molecule has 0 aliphatic carbocycles. The molecule has 26 heavy (non-hydrogen) atoms. The van der Waals surface area contributed by atoms with Crippen LogP contribution < -0.4 is 10.6 Å². The number of hydrogen-bond acceptors (Lipinski definition) is 4. The maximum Gasteiger partial charge on any atom is 0.191 e. The highest BCUT2D eigenvalue weighted by molar-refractivity contribution is 14.0. The third-order valence-corrected chi connectivity index (χ3v) is 5.36. The molecule has 1 atom stereocenters. The summed E-state index contributed by atoms with van der Waals surface area (Å²) >= 11 is 1.64. The van der Waals surface area contributed by atoms with Gasteiger partial charge in [-0.25, -0.2) is 0 Å². The van der Waals surface area contributed by atoms with Crippen molar-refractivity contribution in [2.75, 3.05) is 40.3 Å². The van der Waals surface area contributed by atoms with E-state index in [1.165, 1.54) is 22.9 Å². The molecule has 0 fully saturated rings. The van der Waals surface area contributed by atoms with Crippen molar-refractivity contribution in [3.63, 3.8) is 0 Å². The van der Waals surface area contributed by atoms with Gasteiger partial charge in [-0.15, -0.1) is 35.3 Å². The van der Waals surface area contributed by atoms with E-state index in [2.05, 4.69) is 52.7 Å². The van der Waals surface area contributed by atoms with Gasteiger partial charge in [0.15, 0.2) is 5.96 Å². The third-order valence-electron chi connectivity index (χ3n) is 4.14. The predicted molar refractivity (Wildman–Crippen MR) is 124 cm³/mol. The van der Waals surface area contributed by atoms with Gasteiger partial charge in [0.05, 0.1) is 0 Å². The molecule has 146 valence electrons. The fourth-order valence-electron chi connectivity index (χ4n) is 2.59. The second-order valence-electron chi connectivity index (χ2n) is 6.24. The highest BCUT2D eigenvalue weighted by Gasteiger charge is 2.12. The third kappa shape index (κ3) is 7.38. The highest BCUT2D eigenvalue weighted by Crippen LogP contribution is 2.29. The highest BCUT2D eigenvalue weighted by atomic mass is 127. The van der Waals surface area contributed by atoms with E-state index >= 15 is 0 Å². The molecule has 0 saturated heterocycles. The lowest BCUT2D eigenvalue weighted by Crippen LogP contribution is -2.42. The maximum atomic E-state index is 10.4. The van der Waals surface area contributed by atoms with Crippen molar-refractivity contribution in [3.05, 3.63) is 35.2 Å². The minimum absolute atomic E-state index is 0. The van der Waals surface area contributed by atoms with E-state index in [9.17, 15) is 5.11 Å². The summed E-state index contributed by atoms with van der Waals surface area (Å²) in [7, 11) is 3.89. The number of nitrogens with one attached hydrogen (secondary N) is 2. The standard InChI is InChI=1S/C19H30N4OS.HI/c1-4-5-11-23(3)12-10-21-19(20-2)22-14-16(24)18-13-15-8-6-7-9-17(15)25-18;/h6-9,13,16,24H,4-5,10-12,14H2,1-3H3,(H2,20,21,22);1H. The molecular formula is C19H31IN4OS. The predicted octanol–water partition coefficient (Wildman–Crippen LogP) is 3.45. The first-order chi connectivity index (χ1) is 12.1. The zero-order valence-corrected chi connectivity index (χ0v) is 19.0. The summed E-state index contributed by atoms with van der Waals surface area (Å²) in [6.45, 7) is 5.57. The summed E-state index contributed by atoms with van der Waals surface area (Å²) in [4.78, 5) is 7.51. The number of unbranched alkanes of at least 4 members (excludes halogenated alkanes) is 1. The fourth-order valence-corrected chi connectivity index (χ4v) is 3.64. The van der Waals surface area contributed by atoms with E-state index in [0.717, 1.165) is 30.5 Å². The molecule has 2 aromatic rings. The SMILES string of the molecule is CCCCN(C)CCNC(=NC)NCC(O)c1cc2ccccc2s1.I. The second kappa shape index (κ2) is 12.5. The Kier molecular flexibility index (Phi) is 11.1. The Labute approximate surface area is 177 Å². The number of likely N-dealkylation sites (N-methyl/N-ethyl adjacent to an activating group) is 1. The van der Waals surface area contributed by atoms with Crippen molar-refractivity contribution < 1.29 is 5.11 Å². The molecule has 2 rings (SSSR count). The van der Waals surface area contributed by atoms with Crippen molar-refractivity contribution in [3.8, 4) is 0 Å². The number of halogens is 1. The van der Waals surface area contributed by atoms with Crippen LogP contribution in [0.5, 0.6) is 0 Å². The first kappa shape index (κ1) is 23.1. The summed E-state index contributed by atoms with van der Waals surface area (Å²) < 4.78 is 1.20. The van der Waals surface area contributed by atoms with Gasteiger partial charge in [0.25, 0.3) is 0 Å². The van der Waals surface area contributed by atoms with E-state index in [-0.39, 0.29) is 24.0 Å². The first-order valence-electron chi connectivity index (χ1n) is 8.93. The van der Waals surface area contributed by atoms with Crippen molar-refractivity contribution in [1.29, 1.82) is 0 Å². The number of aliphatic hydroxyl groups is 1. The first-order valence-corrected chi connectivity index (χ1v) is 9.75. The minimum atomic E-state index is -0.539. The Bertz CT molecular complexity index is 643. The average Bonchev–Trinajstić information content (AvgIpc) is 3.06. The smallest absolute Gasteiger partial charge is 0.191 e. The van der Waals surface area contributed by atoms with E-state index in [4.69, 9.17) is 0 Å². The van der Waals surface area contributed by atoms with Crippen LogP contribution in [0.25, 0.3) is 10.1 Å². The number of hydrogen-bond donors (Lipinski definition) is 3. The molecule has 0 bridgehead atoms. The molecule has 1 aromatic carbocycles. The average molecular weight is 490 g/mol. The van der Waals surface area contributed by atoms with Crippen LogP contribution in [0.2, 0.25) is 0 Å². The van der Waals surface area contributed by atoms with Gasteiger partial charge in [-0.1, -0.05) is 31.5 Å². The van der Waals surface area contributed by atoms with Gasteiger partial charge >= 0.3 is 0 Å². The van der Waals surface area contributed by atoms with Gasteiger partial charge in [-0.3, -0.25) is 4.99 Å². The molecule has 3 N–H and O–H groups in total. The van der Waals surface area contributed by atoms with Crippen LogP contribution in [0.15, 0.2) is 35.3 Å². The van der Waals surface area contributed by atoms with Crippen LogP contribution in [-0.2, 0) is 0 Å². The Morgan fingerprint density at radius 1 is 1.27 bits per heavy atom. The van der Waals surface area contributed by atoms with Crippen LogP contribution in [0.1, 0.15) is 30.7 Å². The normalized spacial score (nSPS) is 12.9. The fraction of sp³-hybridized carbons (Fsp3) is 0.526. The zero-order chi connectivity index (χ0) is 18.1. The Morgan fingerprint density at radius 2 is 2.04 bits per heavy atom. The van der Waals surface area contributed by atoms with Crippen LogP contribution in [0, 0.1) is 0 Å². The van der Waals surface area contributed by atoms with Gasteiger partial charge in [-0.05, 0) is 37.5 Å². The number of benzene rings is 1. The number of fused-ring (bicyclic) bond motifs is 1. The van der Waals surface area contributed by atoms with Crippen molar-refractivity contribution in [2.24, 2.45) is 4.99 Å². The van der Waals surface area contributed by atoms with E-state index < -0.39 is 6.10 Å². The Morgan fingerprint density at radius 3 is 2.73 bits per heavy atom. The molecule has 1 unspecified atom stereocenters. The molecule has 5 nitrogen and oxygen atoms in total. The number of thiophene rings is 1. The van der Waals surface area contributed by atoms with Gasteiger partial charge in [-0.2, -0.15) is 0 Å². The van der Waals surface area contributed by atoms with Crippen molar-refractivity contribution in [2.45, 2.75) is 25.9 Å². The number of guanidine groups is 1. The van der Waals surface area contributed by atoms with Crippen LogP contribution in [0.3, 0.4) is 0 Å². The summed E-state index contributed by atoms with van der Waals surface area (Å²) in [5, 5.41) is 18.1. The largest absolute Gasteiger partial charge is 0.386 e. The second-order valence-corrected chi connectivity index (χ2v) is 7.35. The van der Waals surface area contributed by atoms with Gasteiger partial charge < -0.3 is 20.6 Å². The van der Waals surface area contributed by atoms with Crippen LogP contribution in [-0.4, -0.2) is 56.2 Å². The van der Waals surface area contributed by atoms with E-state index in [0.29, 0.717) is 6.54 Å². The molecule has 0 radical (unpaired) electrons. The van der Waals surface area contributed by atoms with E-state index in [1.807, 2.05) is 12.1 Å². The molecule has 1 heterocycles. The molecule has 0 amide bonds. The van der Waals surface area contributed by atoms with Crippen LogP contribution in [0.4, 0.5) is 0 Å².